The third-order valence-corrected chi connectivity index (χ3v) is 4.97. The predicted molar refractivity (Wildman–Crippen MR) is 120 cm³/mol. The Morgan fingerprint density at radius 2 is 1.50 bits per heavy atom. The van der Waals surface area contributed by atoms with Gasteiger partial charge in [-0.05, 0) is 60.4 Å². The molecule has 0 amide bonds. The molecule has 4 heteroatoms. The molecule has 3 aromatic carbocycles. The zero-order valence-electron chi connectivity index (χ0n) is 17.2. The lowest BCUT2D eigenvalue weighted by molar-refractivity contribution is -0.154. The summed E-state index contributed by atoms with van der Waals surface area (Å²) in [4.78, 5) is 11.3. The van der Waals surface area contributed by atoms with Gasteiger partial charge in [0.25, 0.3) is 0 Å². The Labute approximate surface area is 177 Å². The molecule has 0 bridgehead atoms. The fourth-order valence-electron chi connectivity index (χ4n) is 2.88. The normalized spacial score (nSPS) is 13.0. The third kappa shape index (κ3) is 5.51. The molecule has 0 saturated heterocycles. The summed E-state index contributed by atoms with van der Waals surface area (Å²) in [6.07, 6.45) is 4.35. The molecule has 4 nitrogen and oxygen atoms in total. The van der Waals surface area contributed by atoms with Crippen LogP contribution in [-0.2, 0) is 4.79 Å². The van der Waals surface area contributed by atoms with Gasteiger partial charge in [-0.25, -0.2) is 4.79 Å². The summed E-state index contributed by atoms with van der Waals surface area (Å²) in [6, 6.07) is 25.6. The third-order valence-electron chi connectivity index (χ3n) is 4.97. The molecule has 3 rings (SSSR count). The van der Waals surface area contributed by atoms with Crippen LogP contribution in [0.5, 0.6) is 11.5 Å². The fraction of sp³-hybridized carbons (Fsp3) is 0.192. The van der Waals surface area contributed by atoms with Crippen molar-refractivity contribution in [2.45, 2.75) is 25.9 Å². The Balaban J connectivity index is 1.51. The number of ether oxygens (including phenoxy) is 2. The van der Waals surface area contributed by atoms with Crippen LogP contribution in [0.3, 0.4) is 0 Å². The Hall–Kier alpha value is -3.53. The molecule has 0 aliphatic carbocycles. The van der Waals surface area contributed by atoms with Gasteiger partial charge in [0.1, 0.15) is 18.1 Å². The maximum Gasteiger partial charge on any atom is 0.347 e. The van der Waals surface area contributed by atoms with Crippen molar-refractivity contribution < 1.29 is 19.4 Å². The van der Waals surface area contributed by atoms with Crippen molar-refractivity contribution in [1.29, 1.82) is 0 Å². The average molecular weight is 402 g/mol. The lowest BCUT2D eigenvalue weighted by atomic mass is 10.0. The van der Waals surface area contributed by atoms with E-state index in [0.29, 0.717) is 24.5 Å². The number of aliphatic carboxylic acids is 1. The van der Waals surface area contributed by atoms with Crippen LogP contribution in [-0.4, -0.2) is 23.3 Å². The molecule has 0 saturated carbocycles. The van der Waals surface area contributed by atoms with Crippen molar-refractivity contribution >= 4 is 12.0 Å². The monoisotopic (exact) mass is 402 g/mol. The molecular weight excluding hydrogens is 376 g/mol. The van der Waals surface area contributed by atoms with Crippen molar-refractivity contribution in [2.75, 3.05) is 6.61 Å². The first-order valence-corrected chi connectivity index (χ1v) is 9.97. The van der Waals surface area contributed by atoms with E-state index < -0.39 is 11.6 Å². The summed E-state index contributed by atoms with van der Waals surface area (Å²) >= 11 is 0. The van der Waals surface area contributed by atoms with E-state index in [4.69, 9.17) is 9.47 Å². The summed E-state index contributed by atoms with van der Waals surface area (Å²) < 4.78 is 11.3. The van der Waals surface area contributed by atoms with Crippen LogP contribution in [0.4, 0.5) is 0 Å². The highest BCUT2D eigenvalue weighted by Gasteiger charge is 2.33. The minimum atomic E-state index is -1.23. The van der Waals surface area contributed by atoms with Crippen LogP contribution >= 0.6 is 0 Å². The summed E-state index contributed by atoms with van der Waals surface area (Å²) in [5, 5.41) is 9.30. The van der Waals surface area contributed by atoms with Gasteiger partial charge in [0.15, 0.2) is 0 Å². The topological polar surface area (TPSA) is 55.8 Å². The number of hydrogen-bond donors (Lipinski definition) is 1. The van der Waals surface area contributed by atoms with Gasteiger partial charge in [0.2, 0.25) is 5.60 Å². The summed E-state index contributed by atoms with van der Waals surface area (Å²) in [5.41, 5.74) is 2.26. The maximum atomic E-state index is 11.3. The number of carboxylic acids is 1. The molecule has 0 aromatic heterocycles. The van der Waals surface area contributed by atoms with Crippen molar-refractivity contribution in [1.82, 2.24) is 0 Å². The maximum absolute atomic E-state index is 11.3. The second kappa shape index (κ2) is 9.79. The van der Waals surface area contributed by atoms with Gasteiger partial charge in [-0.2, -0.15) is 0 Å². The van der Waals surface area contributed by atoms with Crippen LogP contribution in [0, 0.1) is 0 Å². The first kappa shape index (κ1) is 21.2. The van der Waals surface area contributed by atoms with Gasteiger partial charge in [-0.1, -0.05) is 67.6 Å². The molecule has 0 spiro atoms. The number of rotatable bonds is 9. The lowest BCUT2D eigenvalue weighted by Gasteiger charge is -2.24. The van der Waals surface area contributed by atoms with E-state index in [-0.39, 0.29) is 0 Å². The minimum Gasteiger partial charge on any atom is -0.490 e. The van der Waals surface area contributed by atoms with Gasteiger partial charge < -0.3 is 14.6 Å². The van der Waals surface area contributed by atoms with E-state index in [1.807, 2.05) is 30.4 Å². The Morgan fingerprint density at radius 1 is 0.900 bits per heavy atom. The van der Waals surface area contributed by atoms with Crippen molar-refractivity contribution in [2.24, 2.45) is 0 Å². The first-order chi connectivity index (χ1) is 14.5. The Kier molecular flexibility index (Phi) is 6.91. The zero-order chi connectivity index (χ0) is 21.4. The number of hydrogen-bond acceptors (Lipinski definition) is 3. The molecule has 0 aliphatic heterocycles. The highest BCUT2D eigenvalue weighted by atomic mass is 16.5. The quantitative estimate of drug-likeness (QED) is 0.471. The summed E-state index contributed by atoms with van der Waals surface area (Å²) in [7, 11) is 0. The van der Waals surface area contributed by atoms with Gasteiger partial charge in [-0.3, -0.25) is 0 Å². The molecule has 0 aliphatic rings. The van der Waals surface area contributed by atoms with E-state index in [0.717, 1.165) is 5.56 Å². The predicted octanol–water partition coefficient (Wildman–Crippen LogP) is 6.08. The van der Waals surface area contributed by atoms with Crippen molar-refractivity contribution in [3.8, 4) is 22.6 Å². The van der Waals surface area contributed by atoms with E-state index in [1.54, 1.807) is 38.1 Å². The van der Waals surface area contributed by atoms with Crippen LogP contribution in [0.25, 0.3) is 17.2 Å². The molecule has 1 unspecified atom stereocenters. The zero-order valence-corrected chi connectivity index (χ0v) is 17.2. The highest BCUT2D eigenvalue weighted by molar-refractivity contribution is 5.77. The molecular formula is C26H26O4. The van der Waals surface area contributed by atoms with Gasteiger partial charge in [0, 0.05) is 0 Å². The fourth-order valence-corrected chi connectivity index (χ4v) is 2.88. The molecule has 154 valence electrons. The standard InChI is InChI=1S/C26H26O4/c1-3-26(2,25(27)28)30-24-17-15-23(16-18-24)29-19-7-8-20-11-13-22(14-12-20)21-9-5-4-6-10-21/h4-18H,3,19H2,1-2H3,(H,27,28)/b8-7+. The number of benzene rings is 3. The van der Waals surface area contributed by atoms with E-state index in [2.05, 4.69) is 36.4 Å². The first-order valence-electron chi connectivity index (χ1n) is 9.97. The average Bonchev–Trinajstić information content (AvgIpc) is 2.78. The van der Waals surface area contributed by atoms with E-state index in [9.17, 15) is 9.90 Å². The SMILES string of the molecule is CCC(C)(Oc1ccc(OC/C=C/c2ccc(-c3ccccc3)cc2)cc1)C(=O)O. The lowest BCUT2D eigenvalue weighted by Crippen LogP contribution is -2.40. The molecule has 1 N–H and O–H groups in total. The molecule has 0 fully saturated rings. The van der Waals surface area contributed by atoms with Crippen molar-refractivity contribution in [3.05, 3.63) is 90.5 Å². The minimum absolute atomic E-state index is 0.373. The highest BCUT2D eigenvalue weighted by Crippen LogP contribution is 2.24. The molecule has 1 atom stereocenters. The van der Waals surface area contributed by atoms with Crippen LogP contribution in [0.1, 0.15) is 25.8 Å². The summed E-state index contributed by atoms with van der Waals surface area (Å²) in [6.45, 7) is 3.78. The molecule has 0 heterocycles. The number of carboxylic acid groups (broad SMARTS) is 1. The van der Waals surface area contributed by atoms with Gasteiger partial charge in [-0.15, -0.1) is 0 Å². The Morgan fingerprint density at radius 3 is 2.10 bits per heavy atom. The number of carbonyl (C=O) groups is 1. The Bertz CT molecular complexity index is 976. The second-order valence-electron chi connectivity index (χ2n) is 7.16. The van der Waals surface area contributed by atoms with Gasteiger partial charge in [0.05, 0.1) is 0 Å². The van der Waals surface area contributed by atoms with Crippen LogP contribution in [0.2, 0.25) is 0 Å². The molecule has 0 radical (unpaired) electrons. The molecule has 30 heavy (non-hydrogen) atoms. The van der Waals surface area contributed by atoms with Gasteiger partial charge >= 0.3 is 5.97 Å². The smallest absolute Gasteiger partial charge is 0.347 e. The van der Waals surface area contributed by atoms with E-state index >= 15 is 0 Å². The van der Waals surface area contributed by atoms with Crippen molar-refractivity contribution in [3.63, 3.8) is 0 Å². The molecule has 3 aromatic rings. The summed E-state index contributed by atoms with van der Waals surface area (Å²) in [5.74, 6) is 0.218. The van der Waals surface area contributed by atoms with Crippen LogP contribution < -0.4 is 9.47 Å². The van der Waals surface area contributed by atoms with E-state index in [1.165, 1.54) is 11.1 Å². The van der Waals surface area contributed by atoms with Crippen LogP contribution in [0.15, 0.2) is 84.9 Å². The largest absolute Gasteiger partial charge is 0.490 e. The second-order valence-corrected chi connectivity index (χ2v) is 7.16.